The van der Waals surface area contributed by atoms with Gasteiger partial charge in [0.05, 0.1) is 19.5 Å². The molecule has 0 bridgehead atoms. The highest BCUT2D eigenvalue weighted by Crippen LogP contribution is 2.44. The van der Waals surface area contributed by atoms with E-state index in [0.29, 0.717) is 25.4 Å². The molecule has 1 aliphatic carbocycles. The van der Waals surface area contributed by atoms with Crippen LogP contribution in [0.5, 0.6) is 0 Å². The number of likely N-dealkylation sites (tertiary alicyclic amines) is 1. The fourth-order valence-electron chi connectivity index (χ4n) is 2.60. The number of amides is 1. The SMILES string of the molecule is O=C(Cc1cccc(Br)c1)N1CC(O)(C2CC2)C1. The second-order valence-electron chi connectivity index (χ2n) is 5.43. The molecular weight excluding hydrogens is 294 g/mol. The Hall–Kier alpha value is -0.870. The van der Waals surface area contributed by atoms with Crippen LogP contribution in [0.2, 0.25) is 0 Å². The average Bonchev–Trinajstić information content (AvgIpc) is 3.08. The van der Waals surface area contributed by atoms with Gasteiger partial charge in [-0.15, -0.1) is 0 Å². The zero-order valence-electron chi connectivity index (χ0n) is 10.1. The van der Waals surface area contributed by atoms with Crippen LogP contribution in [-0.2, 0) is 11.2 Å². The molecule has 4 heteroatoms. The van der Waals surface area contributed by atoms with Gasteiger partial charge in [0.15, 0.2) is 0 Å². The van der Waals surface area contributed by atoms with Gasteiger partial charge in [0.2, 0.25) is 5.91 Å². The first-order valence-electron chi connectivity index (χ1n) is 6.31. The summed E-state index contributed by atoms with van der Waals surface area (Å²) in [5.41, 5.74) is 0.434. The number of carbonyl (C=O) groups is 1. The maximum absolute atomic E-state index is 12.0. The monoisotopic (exact) mass is 309 g/mol. The van der Waals surface area contributed by atoms with Crippen molar-refractivity contribution in [1.82, 2.24) is 4.90 Å². The molecule has 1 heterocycles. The maximum atomic E-state index is 12.0. The zero-order valence-corrected chi connectivity index (χ0v) is 11.7. The van der Waals surface area contributed by atoms with Crippen LogP contribution in [0.15, 0.2) is 28.7 Å². The molecule has 1 aliphatic heterocycles. The summed E-state index contributed by atoms with van der Waals surface area (Å²) >= 11 is 3.40. The molecule has 0 radical (unpaired) electrons. The van der Waals surface area contributed by atoms with Crippen molar-refractivity contribution in [3.63, 3.8) is 0 Å². The van der Waals surface area contributed by atoms with Crippen LogP contribution in [-0.4, -0.2) is 34.6 Å². The van der Waals surface area contributed by atoms with Crippen molar-refractivity contribution in [2.45, 2.75) is 24.9 Å². The predicted molar refractivity (Wildman–Crippen MR) is 72.1 cm³/mol. The van der Waals surface area contributed by atoms with Crippen molar-refractivity contribution in [3.8, 4) is 0 Å². The molecule has 1 amide bonds. The Morgan fingerprint density at radius 1 is 1.44 bits per heavy atom. The lowest BCUT2D eigenvalue weighted by Crippen LogP contribution is -2.65. The van der Waals surface area contributed by atoms with E-state index >= 15 is 0 Å². The first-order chi connectivity index (χ1) is 8.57. The van der Waals surface area contributed by atoms with E-state index in [1.54, 1.807) is 4.90 Å². The Kier molecular flexibility index (Phi) is 2.94. The van der Waals surface area contributed by atoms with Crippen LogP contribution in [0.3, 0.4) is 0 Å². The minimum Gasteiger partial charge on any atom is -0.386 e. The number of rotatable bonds is 3. The molecule has 1 saturated heterocycles. The van der Waals surface area contributed by atoms with Gasteiger partial charge in [-0.1, -0.05) is 28.1 Å². The smallest absolute Gasteiger partial charge is 0.227 e. The molecule has 96 valence electrons. The molecule has 0 unspecified atom stereocenters. The minimum absolute atomic E-state index is 0.110. The van der Waals surface area contributed by atoms with E-state index in [4.69, 9.17) is 0 Å². The molecule has 1 aromatic rings. The van der Waals surface area contributed by atoms with E-state index in [2.05, 4.69) is 15.9 Å². The van der Waals surface area contributed by atoms with E-state index in [1.807, 2.05) is 24.3 Å². The predicted octanol–water partition coefficient (Wildman–Crippen LogP) is 1.97. The largest absolute Gasteiger partial charge is 0.386 e. The number of β-amino-alcohol motifs (C(OH)–C–C–N with tert-alkyl or cyclic N) is 1. The van der Waals surface area contributed by atoms with Gasteiger partial charge >= 0.3 is 0 Å². The summed E-state index contributed by atoms with van der Waals surface area (Å²) in [6.07, 6.45) is 2.65. The van der Waals surface area contributed by atoms with Gasteiger partial charge in [-0.25, -0.2) is 0 Å². The zero-order chi connectivity index (χ0) is 12.8. The molecule has 1 saturated carbocycles. The lowest BCUT2D eigenvalue weighted by Gasteiger charge is -2.47. The van der Waals surface area contributed by atoms with E-state index in [9.17, 15) is 9.90 Å². The number of carbonyl (C=O) groups excluding carboxylic acids is 1. The lowest BCUT2D eigenvalue weighted by atomic mass is 9.88. The van der Waals surface area contributed by atoms with Crippen molar-refractivity contribution < 1.29 is 9.90 Å². The molecule has 0 aromatic heterocycles. The van der Waals surface area contributed by atoms with Crippen molar-refractivity contribution >= 4 is 21.8 Å². The molecule has 2 fully saturated rings. The number of hydrogen-bond donors (Lipinski definition) is 1. The van der Waals surface area contributed by atoms with Crippen molar-refractivity contribution in [2.24, 2.45) is 5.92 Å². The van der Waals surface area contributed by atoms with Crippen LogP contribution in [0.1, 0.15) is 18.4 Å². The minimum atomic E-state index is -0.576. The Labute approximate surface area is 115 Å². The fourth-order valence-corrected chi connectivity index (χ4v) is 3.05. The van der Waals surface area contributed by atoms with Crippen LogP contribution in [0.4, 0.5) is 0 Å². The van der Waals surface area contributed by atoms with E-state index in [1.165, 1.54) is 0 Å². The molecule has 0 spiro atoms. The third-order valence-electron chi connectivity index (χ3n) is 3.86. The fraction of sp³-hybridized carbons (Fsp3) is 0.500. The number of hydrogen-bond acceptors (Lipinski definition) is 2. The molecule has 3 nitrogen and oxygen atoms in total. The van der Waals surface area contributed by atoms with Crippen molar-refractivity contribution in [2.75, 3.05) is 13.1 Å². The normalized spacial score (nSPS) is 21.6. The van der Waals surface area contributed by atoms with Crippen LogP contribution in [0.25, 0.3) is 0 Å². The molecule has 1 aromatic carbocycles. The highest BCUT2D eigenvalue weighted by molar-refractivity contribution is 9.10. The van der Waals surface area contributed by atoms with E-state index in [-0.39, 0.29) is 5.91 Å². The first-order valence-corrected chi connectivity index (χ1v) is 7.11. The van der Waals surface area contributed by atoms with Crippen molar-refractivity contribution in [3.05, 3.63) is 34.3 Å². The third-order valence-corrected chi connectivity index (χ3v) is 4.36. The molecule has 2 aliphatic rings. The van der Waals surface area contributed by atoms with Gasteiger partial charge in [0.1, 0.15) is 5.60 Å². The van der Waals surface area contributed by atoms with Gasteiger partial charge in [-0.3, -0.25) is 4.79 Å². The summed E-state index contributed by atoms with van der Waals surface area (Å²) in [7, 11) is 0. The third kappa shape index (κ3) is 2.31. The average molecular weight is 310 g/mol. The van der Waals surface area contributed by atoms with Crippen LogP contribution in [0, 0.1) is 5.92 Å². The molecule has 1 N–H and O–H groups in total. The number of aliphatic hydroxyl groups is 1. The Bertz CT molecular complexity index is 478. The van der Waals surface area contributed by atoms with Gasteiger partial charge in [0, 0.05) is 4.47 Å². The summed E-state index contributed by atoms with van der Waals surface area (Å²) in [6.45, 7) is 1.04. The highest BCUT2D eigenvalue weighted by atomic mass is 79.9. The second kappa shape index (κ2) is 4.35. The molecule has 3 rings (SSSR count). The quantitative estimate of drug-likeness (QED) is 0.927. The van der Waals surface area contributed by atoms with E-state index < -0.39 is 5.60 Å². The van der Waals surface area contributed by atoms with Gasteiger partial charge in [-0.2, -0.15) is 0 Å². The van der Waals surface area contributed by atoms with Crippen molar-refractivity contribution in [1.29, 1.82) is 0 Å². The van der Waals surface area contributed by atoms with Gasteiger partial charge in [0.25, 0.3) is 0 Å². The Morgan fingerprint density at radius 3 is 2.78 bits per heavy atom. The van der Waals surface area contributed by atoms with Gasteiger partial charge < -0.3 is 10.0 Å². The Morgan fingerprint density at radius 2 is 2.17 bits per heavy atom. The topological polar surface area (TPSA) is 40.5 Å². The number of benzene rings is 1. The summed E-state index contributed by atoms with van der Waals surface area (Å²) < 4.78 is 0.992. The summed E-state index contributed by atoms with van der Waals surface area (Å²) in [5, 5.41) is 10.2. The van der Waals surface area contributed by atoms with E-state index in [0.717, 1.165) is 22.9 Å². The molecular formula is C14H16BrNO2. The van der Waals surface area contributed by atoms with Crippen LogP contribution < -0.4 is 0 Å². The number of halogens is 1. The Balaban J connectivity index is 1.57. The van der Waals surface area contributed by atoms with Crippen LogP contribution >= 0.6 is 15.9 Å². The second-order valence-corrected chi connectivity index (χ2v) is 6.35. The number of nitrogens with zero attached hydrogens (tertiary/aromatic N) is 1. The standard InChI is InChI=1S/C14H16BrNO2/c15-12-3-1-2-10(6-12)7-13(17)16-8-14(18,9-16)11-4-5-11/h1-3,6,11,18H,4-5,7-9H2. The maximum Gasteiger partial charge on any atom is 0.227 e. The first kappa shape index (κ1) is 12.2. The van der Waals surface area contributed by atoms with Gasteiger partial charge in [-0.05, 0) is 36.5 Å². The highest BCUT2D eigenvalue weighted by Gasteiger charge is 2.53. The molecule has 0 atom stereocenters. The summed E-state index contributed by atoms with van der Waals surface area (Å²) in [4.78, 5) is 13.8. The lowest BCUT2D eigenvalue weighted by molar-refractivity contribution is -0.158. The summed E-state index contributed by atoms with van der Waals surface area (Å²) in [6, 6.07) is 7.80. The summed E-state index contributed by atoms with van der Waals surface area (Å²) in [5.74, 6) is 0.547. The molecule has 18 heavy (non-hydrogen) atoms.